The zero-order valence-corrected chi connectivity index (χ0v) is 9.42. The van der Waals surface area contributed by atoms with Crippen LogP contribution in [0.15, 0.2) is 24.3 Å². The number of nitrogens with two attached hydrogens (primary N) is 1. The smallest absolute Gasteiger partial charge is 0.221 e. The summed E-state index contributed by atoms with van der Waals surface area (Å²) in [5, 5.41) is 3.55. The SMILES string of the molecule is CC(NC(=O)CCN)c1ccc(Cl)cc1. The summed E-state index contributed by atoms with van der Waals surface area (Å²) in [5.74, 6) is -0.0278. The van der Waals surface area contributed by atoms with E-state index in [4.69, 9.17) is 17.3 Å². The zero-order chi connectivity index (χ0) is 11.3. The van der Waals surface area contributed by atoms with Gasteiger partial charge >= 0.3 is 0 Å². The summed E-state index contributed by atoms with van der Waals surface area (Å²) in [6, 6.07) is 7.40. The molecular weight excluding hydrogens is 212 g/mol. The summed E-state index contributed by atoms with van der Waals surface area (Å²) in [7, 11) is 0. The van der Waals surface area contributed by atoms with E-state index in [0.717, 1.165) is 5.56 Å². The van der Waals surface area contributed by atoms with Crippen molar-refractivity contribution < 1.29 is 4.79 Å². The lowest BCUT2D eigenvalue weighted by atomic mass is 10.1. The lowest BCUT2D eigenvalue weighted by Gasteiger charge is -2.13. The Balaban J connectivity index is 2.57. The van der Waals surface area contributed by atoms with Crippen LogP contribution in [0.5, 0.6) is 0 Å². The average Bonchev–Trinajstić information content (AvgIpc) is 2.18. The first kappa shape index (κ1) is 12.0. The summed E-state index contributed by atoms with van der Waals surface area (Å²) < 4.78 is 0. The Morgan fingerprint density at radius 3 is 2.60 bits per heavy atom. The second-order valence-electron chi connectivity index (χ2n) is 3.38. The number of carbonyl (C=O) groups is 1. The lowest BCUT2D eigenvalue weighted by Crippen LogP contribution is -2.28. The van der Waals surface area contributed by atoms with Crippen LogP contribution >= 0.6 is 11.6 Å². The molecule has 1 rings (SSSR count). The molecule has 82 valence electrons. The van der Waals surface area contributed by atoms with E-state index in [-0.39, 0.29) is 11.9 Å². The fraction of sp³-hybridized carbons (Fsp3) is 0.364. The van der Waals surface area contributed by atoms with Crippen molar-refractivity contribution in [2.24, 2.45) is 5.73 Å². The predicted molar refractivity (Wildman–Crippen MR) is 61.7 cm³/mol. The number of carbonyl (C=O) groups excluding carboxylic acids is 1. The largest absolute Gasteiger partial charge is 0.350 e. The Hall–Kier alpha value is -1.06. The normalized spacial score (nSPS) is 12.2. The lowest BCUT2D eigenvalue weighted by molar-refractivity contribution is -0.121. The van der Waals surface area contributed by atoms with Gasteiger partial charge in [0, 0.05) is 18.0 Å². The van der Waals surface area contributed by atoms with Gasteiger partial charge in [-0.1, -0.05) is 23.7 Å². The molecule has 1 aromatic rings. The van der Waals surface area contributed by atoms with Gasteiger partial charge in [0.05, 0.1) is 6.04 Å². The Labute approximate surface area is 94.6 Å². The summed E-state index contributed by atoms with van der Waals surface area (Å²) in [6.07, 6.45) is 0.359. The van der Waals surface area contributed by atoms with Crippen molar-refractivity contribution in [1.82, 2.24) is 5.32 Å². The van der Waals surface area contributed by atoms with Crippen molar-refractivity contribution in [2.75, 3.05) is 6.54 Å². The van der Waals surface area contributed by atoms with E-state index in [2.05, 4.69) is 5.32 Å². The second kappa shape index (κ2) is 5.73. The molecule has 0 radical (unpaired) electrons. The van der Waals surface area contributed by atoms with Gasteiger partial charge in [-0.3, -0.25) is 4.79 Å². The van der Waals surface area contributed by atoms with E-state index < -0.39 is 0 Å². The van der Waals surface area contributed by atoms with Crippen molar-refractivity contribution in [3.8, 4) is 0 Å². The number of hydrogen-bond donors (Lipinski definition) is 2. The van der Waals surface area contributed by atoms with Crippen molar-refractivity contribution in [2.45, 2.75) is 19.4 Å². The molecule has 1 aromatic carbocycles. The maximum absolute atomic E-state index is 11.3. The number of amides is 1. The molecule has 0 bridgehead atoms. The number of rotatable bonds is 4. The standard InChI is InChI=1S/C11H15ClN2O/c1-8(14-11(15)6-7-13)9-2-4-10(12)5-3-9/h2-5,8H,6-7,13H2,1H3,(H,14,15). The number of hydrogen-bond acceptors (Lipinski definition) is 2. The van der Waals surface area contributed by atoms with Crippen LogP contribution in [0.3, 0.4) is 0 Å². The highest BCUT2D eigenvalue weighted by molar-refractivity contribution is 6.30. The third-order valence-corrected chi connectivity index (χ3v) is 2.37. The average molecular weight is 227 g/mol. The van der Waals surface area contributed by atoms with Gasteiger partial charge in [0.15, 0.2) is 0 Å². The molecular formula is C11H15ClN2O. The summed E-state index contributed by atoms with van der Waals surface area (Å²) in [5.41, 5.74) is 6.32. The fourth-order valence-electron chi connectivity index (χ4n) is 1.28. The van der Waals surface area contributed by atoms with E-state index in [9.17, 15) is 4.79 Å². The highest BCUT2D eigenvalue weighted by Crippen LogP contribution is 2.15. The highest BCUT2D eigenvalue weighted by Gasteiger charge is 2.08. The molecule has 1 amide bonds. The molecule has 0 saturated heterocycles. The van der Waals surface area contributed by atoms with Crippen molar-refractivity contribution in [3.63, 3.8) is 0 Å². The quantitative estimate of drug-likeness (QED) is 0.824. The van der Waals surface area contributed by atoms with Crippen molar-refractivity contribution in [3.05, 3.63) is 34.9 Å². The topological polar surface area (TPSA) is 55.1 Å². The Kier molecular flexibility index (Phi) is 4.59. The molecule has 0 aliphatic heterocycles. The minimum Gasteiger partial charge on any atom is -0.350 e. The van der Waals surface area contributed by atoms with E-state index in [0.29, 0.717) is 18.0 Å². The Morgan fingerprint density at radius 2 is 2.07 bits per heavy atom. The Morgan fingerprint density at radius 1 is 1.47 bits per heavy atom. The first-order valence-corrected chi connectivity index (χ1v) is 5.26. The molecule has 0 aromatic heterocycles. The van der Waals surface area contributed by atoms with Gasteiger partial charge in [-0.05, 0) is 24.6 Å². The molecule has 0 fully saturated rings. The number of halogens is 1. The predicted octanol–water partition coefficient (Wildman–Crippen LogP) is 1.87. The van der Waals surface area contributed by atoms with E-state index in [1.54, 1.807) is 0 Å². The van der Waals surface area contributed by atoms with Gasteiger partial charge in [-0.2, -0.15) is 0 Å². The van der Waals surface area contributed by atoms with Crippen LogP contribution in [-0.4, -0.2) is 12.5 Å². The highest BCUT2D eigenvalue weighted by atomic mass is 35.5. The molecule has 0 saturated carbocycles. The van der Waals surface area contributed by atoms with Gasteiger partial charge in [0.25, 0.3) is 0 Å². The van der Waals surface area contributed by atoms with E-state index in [1.807, 2.05) is 31.2 Å². The van der Waals surface area contributed by atoms with Crippen LogP contribution in [0.25, 0.3) is 0 Å². The molecule has 1 atom stereocenters. The fourth-order valence-corrected chi connectivity index (χ4v) is 1.41. The van der Waals surface area contributed by atoms with Gasteiger partial charge < -0.3 is 11.1 Å². The Bertz CT molecular complexity index is 324. The summed E-state index contributed by atoms with van der Waals surface area (Å²) in [4.78, 5) is 11.3. The third kappa shape index (κ3) is 3.90. The van der Waals surface area contributed by atoms with Crippen LogP contribution in [0.1, 0.15) is 24.9 Å². The summed E-state index contributed by atoms with van der Waals surface area (Å²) >= 11 is 5.77. The molecule has 0 aliphatic rings. The maximum Gasteiger partial charge on any atom is 0.221 e. The van der Waals surface area contributed by atoms with Crippen molar-refractivity contribution >= 4 is 17.5 Å². The van der Waals surface area contributed by atoms with Gasteiger partial charge in [0.1, 0.15) is 0 Å². The zero-order valence-electron chi connectivity index (χ0n) is 8.66. The molecule has 0 aliphatic carbocycles. The molecule has 3 N–H and O–H groups in total. The van der Waals surface area contributed by atoms with Crippen LogP contribution in [0.4, 0.5) is 0 Å². The van der Waals surface area contributed by atoms with Crippen LogP contribution in [0, 0.1) is 0 Å². The van der Waals surface area contributed by atoms with Gasteiger partial charge in [-0.25, -0.2) is 0 Å². The monoisotopic (exact) mass is 226 g/mol. The van der Waals surface area contributed by atoms with Gasteiger partial charge in [0.2, 0.25) is 5.91 Å². The summed E-state index contributed by atoms with van der Waals surface area (Å²) in [6.45, 7) is 2.30. The maximum atomic E-state index is 11.3. The number of benzene rings is 1. The molecule has 0 heterocycles. The number of nitrogens with one attached hydrogen (secondary N) is 1. The molecule has 15 heavy (non-hydrogen) atoms. The molecule has 3 nitrogen and oxygen atoms in total. The first-order chi connectivity index (χ1) is 7.13. The van der Waals surface area contributed by atoms with E-state index in [1.165, 1.54) is 0 Å². The van der Waals surface area contributed by atoms with Gasteiger partial charge in [-0.15, -0.1) is 0 Å². The molecule has 4 heteroatoms. The minimum absolute atomic E-state index is 0.0127. The third-order valence-electron chi connectivity index (χ3n) is 2.12. The van der Waals surface area contributed by atoms with Crippen LogP contribution < -0.4 is 11.1 Å². The van der Waals surface area contributed by atoms with Crippen LogP contribution in [0.2, 0.25) is 5.02 Å². The molecule has 1 unspecified atom stereocenters. The van der Waals surface area contributed by atoms with E-state index >= 15 is 0 Å². The van der Waals surface area contributed by atoms with Crippen molar-refractivity contribution in [1.29, 1.82) is 0 Å². The second-order valence-corrected chi connectivity index (χ2v) is 3.82. The minimum atomic E-state index is -0.0278. The first-order valence-electron chi connectivity index (χ1n) is 4.88. The molecule has 0 spiro atoms. The van der Waals surface area contributed by atoms with Crippen LogP contribution in [-0.2, 0) is 4.79 Å².